The van der Waals surface area contributed by atoms with Crippen LogP contribution in [0.15, 0.2) is 23.1 Å². The number of hydrogen-bond donors (Lipinski definition) is 2. The number of hydrogen-bond acceptors (Lipinski definition) is 4. The lowest BCUT2D eigenvalue weighted by atomic mass is 10.1. The second-order valence-electron chi connectivity index (χ2n) is 5.55. The molecule has 2 rings (SSSR count). The zero-order valence-corrected chi connectivity index (χ0v) is 13.2. The normalized spacial score (nSPS) is 17.5. The van der Waals surface area contributed by atoms with Crippen LogP contribution in [0.4, 0.5) is 4.39 Å². The fraction of sp³-hybridized carbons (Fsp3) is 0.500. The number of rotatable bonds is 5. The van der Waals surface area contributed by atoms with E-state index in [0.717, 1.165) is 6.07 Å². The summed E-state index contributed by atoms with van der Waals surface area (Å²) in [5.74, 6) is -0.850. The minimum absolute atomic E-state index is 0.0912. The largest absolute Gasteiger partial charge is 0.369 e. The van der Waals surface area contributed by atoms with E-state index in [9.17, 15) is 17.6 Å². The highest BCUT2D eigenvalue weighted by Gasteiger charge is 2.26. The maximum Gasteiger partial charge on any atom is 0.241 e. The van der Waals surface area contributed by atoms with Crippen molar-refractivity contribution in [3.05, 3.63) is 29.6 Å². The summed E-state index contributed by atoms with van der Waals surface area (Å²) in [7, 11) is -3.67. The van der Waals surface area contributed by atoms with Crippen molar-refractivity contribution in [1.29, 1.82) is 0 Å². The molecule has 122 valence electrons. The predicted octanol–water partition coefficient (Wildman–Crippen LogP) is 0.362. The van der Waals surface area contributed by atoms with E-state index in [1.54, 1.807) is 6.92 Å². The molecule has 22 heavy (non-hydrogen) atoms. The lowest BCUT2D eigenvalue weighted by Crippen LogP contribution is -2.46. The van der Waals surface area contributed by atoms with Crippen LogP contribution >= 0.6 is 0 Å². The van der Waals surface area contributed by atoms with Crippen molar-refractivity contribution >= 4 is 15.9 Å². The van der Waals surface area contributed by atoms with Gasteiger partial charge in [-0.1, -0.05) is 0 Å². The standard InChI is InChI=1S/C14H20FN3O3S/c1-10-8-11(15)2-3-13(10)22(20,21)17-12-4-6-18(7-5-12)9-14(16)19/h2-3,8,12,17H,4-7,9H2,1H3,(H2,16,19). The molecule has 1 aliphatic rings. The molecule has 1 fully saturated rings. The zero-order valence-electron chi connectivity index (χ0n) is 12.4. The number of nitrogens with one attached hydrogen (secondary N) is 1. The van der Waals surface area contributed by atoms with Crippen molar-refractivity contribution in [3.8, 4) is 0 Å². The van der Waals surface area contributed by atoms with Crippen molar-refractivity contribution in [2.24, 2.45) is 5.73 Å². The molecular formula is C14H20FN3O3S. The molecule has 0 aromatic heterocycles. The van der Waals surface area contributed by atoms with E-state index in [4.69, 9.17) is 5.73 Å². The number of aryl methyl sites for hydroxylation is 1. The molecule has 3 N–H and O–H groups in total. The second kappa shape index (κ2) is 6.72. The quantitative estimate of drug-likeness (QED) is 0.816. The smallest absolute Gasteiger partial charge is 0.241 e. The van der Waals surface area contributed by atoms with Crippen molar-refractivity contribution in [2.75, 3.05) is 19.6 Å². The first-order chi connectivity index (χ1) is 10.3. The molecule has 1 heterocycles. The summed E-state index contributed by atoms with van der Waals surface area (Å²) in [6, 6.07) is 3.41. The number of halogens is 1. The van der Waals surface area contributed by atoms with Gasteiger partial charge in [0.1, 0.15) is 5.82 Å². The molecule has 1 saturated heterocycles. The molecule has 0 radical (unpaired) electrons. The van der Waals surface area contributed by atoms with Crippen LogP contribution in [-0.2, 0) is 14.8 Å². The van der Waals surface area contributed by atoms with Gasteiger partial charge in [0.2, 0.25) is 15.9 Å². The molecule has 0 bridgehead atoms. The highest BCUT2D eigenvalue weighted by molar-refractivity contribution is 7.89. The predicted molar refractivity (Wildman–Crippen MR) is 80.1 cm³/mol. The monoisotopic (exact) mass is 329 g/mol. The molecule has 0 aliphatic carbocycles. The van der Waals surface area contributed by atoms with Gasteiger partial charge in [-0.15, -0.1) is 0 Å². The molecular weight excluding hydrogens is 309 g/mol. The van der Waals surface area contributed by atoms with Gasteiger partial charge in [0.15, 0.2) is 0 Å². The number of likely N-dealkylation sites (tertiary alicyclic amines) is 1. The van der Waals surface area contributed by atoms with Crippen LogP contribution in [0.1, 0.15) is 18.4 Å². The zero-order chi connectivity index (χ0) is 16.3. The van der Waals surface area contributed by atoms with Gasteiger partial charge in [-0.3, -0.25) is 9.69 Å². The van der Waals surface area contributed by atoms with Crippen LogP contribution in [0, 0.1) is 12.7 Å². The van der Waals surface area contributed by atoms with E-state index < -0.39 is 15.8 Å². The minimum Gasteiger partial charge on any atom is -0.369 e. The molecule has 1 aliphatic heterocycles. The molecule has 6 nitrogen and oxygen atoms in total. The minimum atomic E-state index is -3.67. The number of piperidine rings is 1. The average molecular weight is 329 g/mol. The Hall–Kier alpha value is -1.51. The van der Waals surface area contributed by atoms with Gasteiger partial charge in [0.25, 0.3) is 0 Å². The van der Waals surface area contributed by atoms with Gasteiger partial charge in [-0.2, -0.15) is 0 Å². The van der Waals surface area contributed by atoms with Crippen molar-refractivity contribution in [2.45, 2.75) is 30.7 Å². The number of carbonyl (C=O) groups excluding carboxylic acids is 1. The molecule has 0 spiro atoms. The maximum atomic E-state index is 13.1. The summed E-state index contributed by atoms with van der Waals surface area (Å²) in [4.78, 5) is 12.9. The highest BCUT2D eigenvalue weighted by atomic mass is 32.2. The van der Waals surface area contributed by atoms with Gasteiger partial charge in [-0.05, 0) is 43.5 Å². The number of sulfonamides is 1. The molecule has 0 atom stereocenters. The SMILES string of the molecule is Cc1cc(F)ccc1S(=O)(=O)NC1CCN(CC(N)=O)CC1. The van der Waals surface area contributed by atoms with Gasteiger partial charge in [0.05, 0.1) is 11.4 Å². The summed E-state index contributed by atoms with van der Waals surface area (Å²) in [5.41, 5.74) is 5.52. The first-order valence-electron chi connectivity index (χ1n) is 7.07. The van der Waals surface area contributed by atoms with E-state index >= 15 is 0 Å². The van der Waals surface area contributed by atoms with E-state index in [2.05, 4.69) is 4.72 Å². The highest BCUT2D eigenvalue weighted by Crippen LogP contribution is 2.18. The van der Waals surface area contributed by atoms with Crippen LogP contribution in [0.2, 0.25) is 0 Å². The Balaban J connectivity index is 2.00. The van der Waals surface area contributed by atoms with Crippen LogP contribution in [-0.4, -0.2) is 44.9 Å². The molecule has 1 amide bonds. The molecule has 0 unspecified atom stereocenters. The van der Waals surface area contributed by atoms with Gasteiger partial charge in [0, 0.05) is 19.1 Å². The number of primary amides is 1. The van der Waals surface area contributed by atoms with E-state index in [1.165, 1.54) is 12.1 Å². The number of nitrogens with two attached hydrogens (primary N) is 1. The Labute approximate surface area is 129 Å². The summed E-state index contributed by atoms with van der Waals surface area (Å²) in [6.07, 6.45) is 1.21. The van der Waals surface area contributed by atoms with Crippen LogP contribution in [0.3, 0.4) is 0 Å². The fourth-order valence-electron chi connectivity index (χ4n) is 2.63. The molecule has 1 aromatic rings. The molecule has 8 heteroatoms. The van der Waals surface area contributed by atoms with Gasteiger partial charge in [-0.25, -0.2) is 17.5 Å². The van der Waals surface area contributed by atoms with E-state index in [-0.39, 0.29) is 23.4 Å². The number of nitrogens with zero attached hydrogens (tertiary/aromatic N) is 1. The third kappa shape index (κ3) is 4.25. The summed E-state index contributed by atoms with van der Waals surface area (Å²) >= 11 is 0. The number of benzene rings is 1. The second-order valence-corrected chi connectivity index (χ2v) is 7.23. The van der Waals surface area contributed by atoms with E-state index in [0.29, 0.717) is 31.5 Å². The van der Waals surface area contributed by atoms with Crippen molar-refractivity contribution in [1.82, 2.24) is 9.62 Å². The van der Waals surface area contributed by atoms with Crippen LogP contribution < -0.4 is 10.5 Å². The fourth-order valence-corrected chi connectivity index (χ4v) is 4.16. The topological polar surface area (TPSA) is 92.5 Å². The van der Waals surface area contributed by atoms with Crippen molar-refractivity contribution < 1.29 is 17.6 Å². The van der Waals surface area contributed by atoms with Gasteiger partial charge < -0.3 is 5.73 Å². The maximum absolute atomic E-state index is 13.1. The first-order valence-corrected chi connectivity index (χ1v) is 8.55. The number of carbonyl (C=O) groups is 1. The van der Waals surface area contributed by atoms with Crippen molar-refractivity contribution in [3.63, 3.8) is 0 Å². The lowest BCUT2D eigenvalue weighted by Gasteiger charge is -2.31. The summed E-state index contributed by atoms with van der Waals surface area (Å²) in [5, 5.41) is 0. The van der Waals surface area contributed by atoms with E-state index in [1.807, 2.05) is 4.90 Å². The Kier molecular flexibility index (Phi) is 5.15. The molecule has 0 saturated carbocycles. The van der Waals surface area contributed by atoms with Crippen LogP contribution in [0.5, 0.6) is 0 Å². The number of amides is 1. The summed E-state index contributed by atoms with van der Waals surface area (Å²) in [6.45, 7) is 2.97. The Bertz CT molecular complexity index is 655. The Morgan fingerprint density at radius 1 is 1.41 bits per heavy atom. The van der Waals surface area contributed by atoms with Crippen LogP contribution in [0.25, 0.3) is 0 Å². The Morgan fingerprint density at radius 2 is 2.05 bits per heavy atom. The third-order valence-electron chi connectivity index (χ3n) is 3.72. The first kappa shape index (κ1) is 16.9. The third-order valence-corrected chi connectivity index (χ3v) is 5.40. The summed E-state index contributed by atoms with van der Waals surface area (Å²) < 4.78 is 40.5. The Morgan fingerprint density at radius 3 is 2.59 bits per heavy atom. The average Bonchev–Trinajstić information content (AvgIpc) is 2.39. The lowest BCUT2D eigenvalue weighted by molar-refractivity contribution is -0.119. The van der Waals surface area contributed by atoms with Gasteiger partial charge >= 0.3 is 0 Å². The molecule has 1 aromatic carbocycles.